The molecule has 0 aromatic heterocycles. The van der Waals surface area contributed by atoms with Crippen molar-refractivity contribution >= 4 is 11.9 Å². The van der Waals surface area contributed by atoms with Gasteiger partial charge in [0.05, 0.1) is 0 Å². The highest BCUT2D eigenvalue weighted by atomic mass is 19.1. The molecule has 0 saturated heterocycles. The van der Waals surface area contributed by atoms with E-state index in [0.717, 1.165) is 12.1 Å². The fourth-order valence-corrected chi connectivity index (χ4v) is 1.55. The number of halogens is 2. The summed E-state index contributed by atoms with van der Waals surface area (Å²) in [7, 11) is 0. The van der Waals surface area contributed by atoms with Crippen LogP contribution in [-0.2, 0) is 4.79 Å². The highest BCUT2D eigenvalue weighted by Crippen LogP contribution is 2.20. The lowest BCUT2D eigenvalue weighted by Gasteiger charge is -2.27. The Balaban J connectivity index is 2.97. The van der Waals surface area contributed by atoms with Crippen LogP contribution in [0.3, 0.4) is 0 Å². The van der Waals surface area contributed by atoms with Crippen LogP contribution in [0.4, 0.5) is 8.78 Å². The molecule has 1 aromatic carbocycles. The number of aliphatic carboxylic acids is 1. The lowest BCUT2D eigenvalue weighted by atomic mass is 9.86. The van der Waals surface area contributed by atoms with Crippen LogP contribution in [0.15, 0.2) is 18.2 Å². The molecule has 0 spiro atoms. The second kappa shape index (κ2) is 5.34. The number of carbonyl (C=O) groups excluding carboxylic acids is 1. The van der Waals surface area contributed by atoms with E-state index in [2.05, 4.69) is 5.32 Å². The van der Waals surface area contributed by atoms with Gasteiger partial charge in [-0.3, -0.25) is 4.79 Å². The topological polar surface area (TPSA) is 66.4 Å². The van der Waals surface area contributed by atoms with Gasteiger partial charge in [-0.25, -0.2) is 13.6 Å². The van der Waals surface area contributed by atoms with Crippen molar-refractivity contribution in [1.82, 2.24) is 5.32 Å². The number of hydrogen-bond acceptors (Lipinski definition) is 2. The van der Waals surface area contributed by atoms with E-state index in [1.807, 2.05) is 0 Å². The van der Waals surface area contributed by atoms with Crippen molar-refractivity contribution in [3.8, 4) is 0 Å². The van der Waals surface area contributed by atoms with Crippen LogP contribution in [0.2, 0.25) is 0 Å². The van der Waals surface area contributed by atoms with E-state index in [1.165, 1.54) is 0 Å². The van der Waals surface area contributed by atoms with Crippen molar-refractivity contribution in [3.05, 3.63) is 35.4 Å². The lowest BCUT2D eigenvalue weighted by Crippen LogP contribution is -2.49. The third-order valence-corrected chi connectivity index (χ3v) is 2.51. The summed E-state index contributed by atoms with van der Waals surface area (Å²) in [6, 6.07) is 1.17. The zero-order chi connectivity index (χ0) is 14.8. The summed E-state index contributed by atoms with van der Waals surface area (Å²) in [4.78, 5) is 22.9. The van der Waals surface area contributed by atoms with Gasteiger partial charge in [-0.05, 0) is 17.5 Å². The van der Waals surface area contributed by atoms with Crippen LogP contribution in [0, 0.1) is 17.0 Å². The Bertz CT molecular complexity index is 489. The molecule has 4 nitrogen and oxygen atoms in total. The summed E-state index contributed by atoms with van der Waals surface area (Å²) in [6.45, 7) is 4.91. The van der Waals surface area contributed by atoms with Gasteiger partial charge in [0.25, 0.3) is 5.91 Å². The molecule has 19 heavy (non-hydrogen) atoms. The molecule has 0 aliphatic heterocycles. The number of carbonyl (C=O) groups is 2. The second-order valence-electron chi connectivity index (χ2n) is 5.27. The summed E-state index contributed by atoms with van der Waals surface area (Å²) in [5.74, 6) is -3.83. The van der Waals surface area contributed by atoms with Crippen LogP contribution in [0.1, 0.15) is 31.1 Å². The summed E-state index contributed by atoms with van der Waals surface area (Å²) in [5.41, 5.74) is -0.985. The minimum Gasteiger partial charge on any atom is -0.480 e. The lowest BCUT2D eigenvalue weighted by molar-refractivity contribution is -0.142. The molecule has 1 aromatic rings. The average molecular weight is 271 g/mol. The van der Waals surface area contributed by atoms with Crippen LogP contribution in [-0.4, -0.2) is 23.0 Å². The maximum Gasteiger partial charge on any atom is 0.326 e. The van der Waals surface area contributed by atoms with Gasteiger partial charge in [0, 0.05) is 11.6 Å². The Morgan fingerprint density at radius 1 is 1.16 bits per heavy atom. The fraction of sp³-hybridized carbons (Fsp3) is 0.385. The van der Waals surface area contributed by atoms with Gasteiger partial charge < -0.3 is 10.4 Å². The van der Waals surface area contributed by atoms with Gasteiger partial charge in [-0.1, -0.05) is 20.8 Å². The van der Waals surface area contributed by atoms with Crippen LogP contribution in [0.25, 0.3) is 0 Å². The maximum absolute atomic E-state index is 13.0. The van der Waals surface area contributed by atoms with E-state index in [9.17, 15) is 18.4 Å². The Morgan fingerprint density at radius 3 is 2.00 bits per heavy atom. The van der Waals surface area contributed by atoms with E-state index in [0.29, 0.717) is 6.07 Å². The molecular weight excluding hydrogens is 256 g/mol. The molecule has 0 radical (unpaired) electrons. The van der Waals surface area contributed by atoms with Gasteiger partial charge in [0.1, 0.15) is 17.7 Å². The normalized spacial score (nSPS) is 12.9. The van der Waals surface area contributed by atoms with E-state index < -0.39 is 35.0 Å². The molecule has 2 N–H and O–H groups in total. The van der Waals surface area contributed by atoms with Crippen molar-refractivity contribution in [3.63, 3.8) is 0 Å². The van der Waals surface area contributed by atoms with E-state index in [-0.39, 0.29) is 5.56 Å². The number of carboxylic acid groups (broad SMARTS) is 1. The van der Waals surface area contributed by atoms with E-state index >= 15 is 0 Å². The zero-order valence-electron chi connectivity index (χ0n) is 10.8. The summed E-state index contributed by atoms with van der Waals surface area (Å²) < 4.78 is 26.0. The predicted molar refractivity (Wildman–Crippen MR) is 64.7 cm³/mol. The van der Waals surface area contributed by atoms with E-state index in [4.69, 9.17) is 5.11 Å². The third-order valence-electron chi connectivity index (χ3n) is 2.51. The van der Waals surface area contributed by atoms with Gasteiger partial charge in [0.15, 0.2) is 0 Å². The largest absolute Gasteiger partial charge is 0.480 e. The molecule has 1 amide bonds. The smallest absolute Gasteiger partial charge is 0.326 e. The molecule has 6 heteroatoms. The number of hydrogen-bond donors (Lipinski definition) is 2. The number of benzene rings is 1. The molecule has 0 bridgehead atoms. The quantitative estimate of drug-likeness (QED) is 0.885. The average Bonchev–Trinajstić information content (AvgIpc) is 2.21. The second-order valence-corrected chi connectivity index (χ2v) is 5.27. The zero-order valence-corrected chi connectivity index (χ0v) is 10.8. The van der Waals surface area contributed by atoms with Crippen molar-refractivity contribution in [2.24, 2.45) is 5.41 Å². The third kappa shape index (κ3) is 4.01. The van der Waals surface area contributed by atoms with Crippen molar-refractivity contribution < 1.29 is 23.5 Å². The highest BCUT2D eigenvalue weighted by Gasteiger charge is 2.32. The summed E-state index contributed by atoms with van der Waals surface area (Å²) in [6.07, 6.45) is 0. The van der Waals surface area contributed by atoms with Crippen molar-refractivity contribution in [2.45, 2.75) is 26.8 Å². The standard InChI is InChI=1S/C13H15F2NO3/c1-13(2,3)10(12(18)19)16-11(17)7-4-8(14)6-9(15)5-7/h4-6,10H,1-3H3,(H,16,17)(H,18,19)/t10-/m0/s1. The Morgan fingerprint density at radius 2 is 1.63 bits per heavy atom. The molecule has 0 aliphatic carbocycles. The first kappa shape index (κ1) is 15.1. The molecule has 0 fully saturated rings. The van der Waals surface area contributed by atoms with Crippen molar-refractivity contribution in [1.29, 1.82) is 0 Å². The molecular formula is C13H15F2NO3. The Kier molecular flexibility index (Phi) is 4.24. The molecule has 1 rings (SSSR count). The molecule has 0 aliphatic rings. The SMILES string of the molecule is CC(C)(C)[C@@H](NC(=O)c1cc(F)cc(F)c1)C(=O)O. The first-order valence-electron chi connectivity index (χ1n) is 5.61. The van der Waals surface area contributed by atoms with Gasteiger partial charge in [0.2, 0.25) is 0 Å². The minimum atomic E-state index is -1.21. The van der Waals surface area contributed by atoms with Crippen molar-refractivity contribution in [2.75, 3.05) is 0 Å². The molecule has 0 saturated carbocycles. The van der Waals surface area contributed by atoms with Crippen LogP contribution in [0.5, 0.6) is 0 Å². The van der Waals surface area contributed by atoms with Gasteiger partial charge in [-0.2, -0.15) is 0 Å². The number of rotatable bonds is 3. The molecule has 1 atom stereocenters. The van der Waals surface area contributed by atoms with Gasteiger partial charge >= 0.3 is 5.97 Å². The monoisotopic (exact) mass is 271 g/mol. The molecule has 0 heterocycles. The van der Waals surface area contributed by atoms with Crippen LogP contribution < -0.4 is 5.32 Å². The summed E-state index contributed by atoms with van der Waals surface area (Å²) >= 11 is 0. The molecule has 104 valence electrons. The summed E-state index contributed by atoms with van der Waals surface area (Å²) in [5, 5.41) is 11.3. The maximum atomic E-state index is 13.0. The Labute approximate surface area is 109 Å². The van der Waals surface area contributed by atoms with Crippen LogP contribution >= 0.6 is 0 Å². The first-order valence-corrected chi connectivity index (χ1v) is 5.61. The number of nitrogens with one attached hydrogen (secondary N) is 1. The number of amides is 1. The minimum absolute atomic E-state index is 0.256. The molecule has 0 unspecified atom stereocenters. The fourth-order valence-electron chi connectivity index (χ4n) is 1.55. The number of carboxylic acids is 1. The van der Waals surface area contributed by atoms with Gasteiger partial charge in [-0.15, -0.1) is 0 Å². The highest BCUT2D eigenvalue weighted by molar-refractivity contribution is 5.96. The van der Waals surface area contributed by atoms with E-state index in [1.54, 1.807) is 20.8 Å². The predicted octanol–water partition coefficient (Wildman–Crippen LogP) is 2.19. The first-order chi connectivity index (χ1) is 8.61. The Hall–Kier alpha value is -1.98.